The molecule has 0 aliphatic carbocycles. The molecule has 3 aromatic rings. The molecule has 0 fully saturated rings. The zero-order chi connectivity index (χ0) is 24.5. The van der Waals surface area contributed by atoms with Crippen LogP contribution in [0.2, 0.25) is 0 Å². The van der Waals surface area contributed by atoms with Crippen molar-refractivity contribution in [2.24, 2.45) is 0 Å². The van der Waals surface area contributed by atoms with Gasteiger partial charge in [-0.05, 0) is 62.7 Å². The monoisotopic (exact) mass is 480 g/mol. The van der Waals surface area contributed by atoms with Gasteiger partial charge in [-0.15, -0.1) is 16.8 Å². The number of anilines is 1. The van der Waals surface area contributed by atoms with Crippen LogP contribution in [-0.4, -0.2) is 39.0 Å². The Labute approximate surface area is 203 Å². The van der Waals surface area contributed by atoms with Gasteiger partial charge in [0.05, 0.1) is 17.9 Å². The molecular weight excluding hydrogens is 452 g/mol. The molecule has 9 heteroatoms. The zero-order valence-corrected chi connectivity index (χ0v) is 20.3. The predicted octanol–water partition coefficient (Wildman–Crippen LogP) is 4.82. The fourth-order valence-corrected chi connectivity index (χ4v) is 3.94. The molecule has 1 heterocycles. The lowest BCUT2D eigenvalue weighted by atomic mass is 10.2. The van der Waals surface area contributed by atoms with Crippen LogP contribution in [0.5, 0.6) is 5.75 Å². The fraction of sp³-hybridized carbons (Fsp3) is 0.280. The van der Waals surface area contributed by atoms with Crippen molar-refractivity contribution in [1.82, 2.24) is 14.8 Å². The van der Waals surface area contributed by atoms with Crippen molar-refractivity contribution in [3.8, 4) is 5.75 Å². The topological polar surface area (TPSA) is 95.3 Å². The fourth-order valence-electron chi connectivity index (χ4n) is 3.18. The van der Waals surface area contributed by atoms with Gasteiger partial charge in [0.15, 0.2) is 17.1 Å². The summed E-state index contributed by atoms with van der Waals surface area (Å²) in [6.45, 7) is 10.3. The Kier molecular flexibility index (Phi) is 8.86. The van der Waals surface area contributed by atoms with Crippen LogP contribution in [0.25, 0.3) is 0 Å². The number of ether oxygens (including phenoxy) is 2. The summed E-state index contributed by atoms with van der Waals surface area (Å²) in [5, 5.41) is 12.0. The highest BCUT2D eigenvalue weighted by atomic mass is 32.2. The lowest BCUT2D eigenvalue weighted by Gasteiger charge is -2.16. The highest BCUT2D eigenvalue weighted by Crippen LogP contribution is 2.25. The minimum atomic E-state index is -0.395. The van der Waals surface area contributed by atoms with Gasteiger partial charge in [-0.3, -0.25) is 9.36 Å². The summed E-state index contributed by atoms with van der Waals surface area (Å²) < 4.78 is 12.9. The quantitative estimate of drug-likeness (QED) is 0.239. The molecule has 8 nitrogen and oxygen atoms in total. The number of benzene rings is 2. The standard InChI is InChI=1S/C25H28N4O4S/c1-5-14-29-23(18(4)33-21-9-7-8-17(3)15-21)27-28-25(29)34-16-22(30)26-20-12-10-19(11-13-20)24(31)32-6-2/h5,7-13,15,18H,1,6,14,16H2,2-4H3,(H,26,30). The maximum atomic E-state index is 12.5. The Morgan fingerprint density at radius 1 is 1.21 bits per heavy atom. The van der Waals surface area contributed by atoms with Crippen molar-refractivity contribution in [1.29, 1.82) is 0 Å². The molecule has 0 saturated carbocycles. The zero-order valence-electron chi connectivity index (χ0n) is 19.5. The minimum Gasteiger partial charge on any atom is -0.483 e. The van der Waals surface area contributed by atoms with Gasteiger partial charge >= 0.3 is 5.97 Å². The molecule has 0 aliphatic rings. The molecule has 0 saturated heterocycles. The Hall–Kier alpha value is -3.59. The van der Waals surface area contributed by atoms with Crippen LogP contribution in [0, 0.1) is 6.92 Å². The first-order chi connectivity index (χ1) is 16.4. The minimum absolute atomic E-state index is 0.141. The summed E-state index contributed by atoms with van der Waals surface area (Å²) in [5.41, 5.74) is 2.13. The van der Waals surface area contributed by atoms with E-state index in [2.05, 4.69) is 22.1 Å². The largest absolute Gasteiger partial charge is 0.483 e. The number of nitrogens with zero attached hydrogens (tertiary/aromatic N) is 3. The summed E-state index contributed by atoms with van der Waals surface area (Å²) in [5.74, 6) is 0.950. The van der Waals surface area contributed by atoms with Gasteiger partial charge in [0, 0.05) is 12.2 Å². The molecule has 0 spiro atoms. The van der Waals surface area contributed by atoms with Crippen LogP contribution in [0.15, 0.2) is 66.3 Å². The van der Waals surface area contributed by atoms with Crippen molar-refractivity contribution >= 4 is 29.3 Å². The van der Waals surface area contributed by atoms with E-state index in [-0.39, 0.29) is 17.8 Å². The number of aryl methyl sites for hydroxylation is 1. The van der Waals surface area contributed by atoms with E-state index >= 15 is 0 Å². The molecule has 1 aromatic heterocycles. The smallest absolute Gasteiger partial charge is 0.338 e. The van der Waals surface area contributed by atoms with Crippen LogP contribution in [0.3, 0.4) is 0 Å². The van der Waals surface area contributed by atoms with E-state index in [1.807, 2.05) is 42.7 Å². The molecule has 0 radical (unpaired) electrons. The number of hydrogen-bond acceptors (Lipinski definition) is 7. The number of aromatic nitrogens is 3. The maximum Gasteiger partial charge on any atom is 0.338 e. The normalized spacial score (nSPS) is 11.5. The number of thioether (sulfide) groups is 1. The van der Waals surface area contributed by atoms with Crippen molar-refractivity contribution < 1.29 is 19.1 Å². The second kappa shape index (κ2) is 12.0. The highest BCUT2D eigenvalue weighted by molar-refractivity contribution is 7.99. The average molecular weight is 481 g/mol. The number of nitrogens with one attached hydrogen (secondary N) is 1. The van der Waals surface area contributed by atoms with E-state index in [4.69, 9.17) is 9.47 Å². The molecule has 0 aliphatic heterocycles. The maximum absolute atomic E-state index is 12.5. The molecule has 2 aromatic carbocycles. The van der Waals surface area contributed by atoms with Gasteiger partial charge in [-0.2, -0.15) is 0 Å². The first-order valence-corrected chi connectivity index (χ1v) is 11.9. The SMILES string of the molecule is C=CCn1c(SCC(=O)Nc2ccc(C(=O)OCC)cc2)nnc1C(C)Oc1cccc(C)c1. The number of esters is 1. The third-order valence-electron chi connectivity index (χ3n) is 4.74. The summed E-state index contributed by atoms with van der Waals surface area (Å²) in [6, 6.07) is 14.4. The second-order valence-electron chi connectivity index (χ2n) is 7.45. The molecule has 34 heavy (non-hydrogen) atoms. The van der Waals surface area contributed by atoms with E-state index in [1.165, 1.54) is 11.8 Å². The summed E-state index contributed by atoms with van der Waals surface area (Å²) >= 11 is 1.28. The molecule has 178 valence electrons. The first-order valence-electron chi connectivity index (χ1n) is 10.9. The Bertz CT molecular complexity index is 1140. The summed E-state index contributed by atoms with van der Waals surface area (Å²) in [6.07, 6.45) is 1.41. The molecule has 1 unspecified atom stereocenters. The summed E-state index contributed by atoms with van der Waals surface area (Å²) in [7, 11) is 0. The number of hydrogen-bond donors (Lipinski definition) is 1. The van der Waals surface area contributed by atoms with Crippen molar-refractivity contribution in [3.63, 3.8) is 0 Å². The van der Waals surface area contributed by atoms with Crippen molar-refractivity contribution in [2.75, 3.05) is 17.7 Å². The molecule has 1 amide bonds. The molecule has 0 bridgehead atoms. The van der Waals surface area contributed by atoms with Crippen LogP contribution < -0.4 is 10.1 Å². The highest BCUT2D eigenvalue weighted by Gasteiger charge is 2.20. The number of carbonyl (C=O) groups excluding carboxylic acids is 2. The average Bonchev–Trinajstić information content (AvgIpc) is 3.21. The lowest BCUT2D eigenvalue weighted by molar-refractivity contribution is -0.113. The molecule has 1 N–H and O–H groups in total. The number of rotatable bonds is 11. The predicted molar refractivity (Wildman–Crippen MR) is 132 cm³/mol. The molecule has 1 atom stereocenters. The van der Waals surface area contributed by atoms with Gasteiger partial charge in [0.1, 0.15) is 5.75 Å². The van der Waals surface area contributed by atoms with E-state index in [0.717, 1.165) is 11.3 Å². The first kappa shape index (κ1) is 25.0. The number of amides is 1. The van der Waals surface area contributed by atoms with Crippen molar-refractivity contribution in [3.05, 3.63) is 78.1 Å². The van der Waals surface area contributed by atoms with Crippen LogP contribution >= 0.6 is 11.8 Å². The van der Waals surface area contributed by atoms with E-state index < -0.39 is 5.97 Å². The second-order valence-corrected chi connectivity index (χ2v) is 8.39. The van der Waals surface area contributed by atoms with Crippen LogP contribution in [0.4, 0.5) is 5.69 Å². The summed E-state index contributed by atoms with van der Waals surface area (Å²) in [4.78, 5) is 24.2. The van der Waals surface area contributed by atoms with E-state index in [9.17, 15) is 9.59 Å². The van der Waals surface area contributed by atoms with Crippen LogP contribution in [-0.2, 0) is 16.1 Å². The third-order valence-corrected chi connectivity index (χ3v) is 5.70. The Morgan fingerprint density at radius 2 is 1.97 bits per heavy atom. The van der Waals surface area contributed by atoms with E-state index in [1.54, 1.807) is 37.3 Å². The number of carbonyl (C=O) groups is 2. The Balaban J connectivity index is 1.61. The lowest BCUT2D eigenvalue weighted by Crippen LogP contribution is -2.15. The van der Waals surface area contributed by atoms with Crippen LogP contribution in [0.1, 0.15) is 41.7 Å². The molecule has 3 rings (SSSR count). The number of allylic oxidation sites excluding steroid dienone is 1. The third kappa shape index (κ3) is 6.71. The van der Waals surface area contributed by atoms with Gasteiger partial charge < -0.3 is 14.8 Å². The van der Waals surface area contributed by atoms with Crippen molar-refractivity contribution in [2.45, 2.75) is 38.6 Å². The van der Waals surface area contributed by atoms with Gasteiger partial charge in [0.25, 0.3) is 0 Å². The van der Waals surface area contributed by atoms with Gasteiger partial charge in [-0.25, -0.2) is 4.79 Å². The van der Waals surface area contributed by atoms with Gasteiger partial charge in [0.2, 0.25) is 5.91 Å². The van der Waals surface area contributed by atoms with Gasteiger partial charge in [-0.1, -0.05) is 30.0 Å². The Morgan fingerprint density at radius 3 is 2.65 bits per heavy atom. The van der Waals surface area contributed by atoms with E-state index in [0.29, 0.717) is 35.4 Å². The molecular formula is C25H28N4O4S.